The average molecular weight is 520 g/mol. The van der Waals surface area contributed by atoms with Crippen LogP contribution in [0.25, 0.3) is 10.2 Å². The van der Waals surface area contributed by atoms with E-state index >= 15 is 0 Å². The number of thiazole rings is 1. The molecule has 1 spiro atoms. The van der Waals surface area contributed by atoms with E-state index in [1.165, 1.54) is 0 Å². The van der Waals surface area contributed by atoms with Crippen molar-refractivity contribution in [3.05, 3.63) is 28.2 Å². The zero-order chi connectivity index (χ0) is 18.1. The molecule has 2 N–H and O–H groups in total. The molecule has 146 valence electrons. The summed E-state index contributed by atoms with van der Waals surface area (Å²) >= 11 is 7.71. The number of carbonyl (C=O) groups is 1. The van der Waals surface area contributed by atoms with Gasteiger partial charge in [0.05, 0.1) is 16.8 Å². The molecule has 1 aromatic carbocycles. The minimum absolute atomic E-state index is 0. The van der Waals surface area contributed by atoms with E-state index in [1.54, 1.807) is 18.4 Å². The van der Waals surface area contributed by atoms with Gasteiger partial charge in [-0.2, -0.15) is 0 Å². The lowest BCUT2D eigenvalue weighted by Gasteiger charge is -2.40. The van der Waals surface area contributed by atoms with E-state index in [9.17, 15) is 4.79 Å². The standard InChI is InChI=1S/C18H22ClN5OS.HI/c1-20-17(24-6-2-5-18(11-24)8-15(25)22-10-18)21-9-16-23-13-7-12(19)3-4-14(13)26-16;/h3-4,7H,2,5-6,8-11H2,1H3,(H,20,21)(H,22,25);1H. The number of nitrogens with one attached hydrogen (secondary N) is 2. The highest BCUT2D eigenvalue weighted by Crippen LogP contribution is 2.36. The van der Waals surface area contributed by atoms with Crippen molar-refractivity contribution in [3.8, 4) is 0 Å². The Labute approximate surface area is 184 Å². The van der Waals surface area contributed by atoms with E-state index < -0.39 is 0 Å². The first-order valence-corrected chi connectivity index (χ1v) is 10.0. The molecule has 2 aromatic rings. The summed E-state index contributed by atoms with van der Waals surface area (Å²) in [5.41, 5.74) is 0.987. The number of hydrogen-bond acceptors (Lipinski definition) is 4. The summed E-state index contributed by atoms with van der Waals surface area (Å²) in [4.78, 5) is 23.1. The molecule has 2 aliphatic heterocycles. The Kier molecular flexibility index (Phi) is 6.47. The predicted octanol–water partition coefficient (Wildman–Crippen LogP) is 3.25. The summed E-state index contributed by atoms with van der Waals surface area (Å²) in [6, 6.07) is 5.79. The van der Waals surface area contributed by atoms with Crippen LogP contribution in [0.15, 0.2) is 23.2 Å². The van der Waals surface area contributed by atoms with Gasteiger partial charge in [0.2, 0.25) is 5.91 Å². The topological polar surface area (TPSA) is 69.6 Å². The van der Waals surface area contributed by atoms with E-state index in [-0.39, 0.29) is 35.3 Å². The number of fused-ring (bicyclic) bond motifs is 1. The van der Waals surface area contributed by atoms with Crippen LogP contribution in [0.4, 0.5) is 0 Å². The molecule has 0 radical (unpaired) electrons. The maximum atomic E-state index is 11.7. The van der Waals surface area contributed by atoms with Crippen LogP contribution in [-0.4, -0.2) is 48.4 Å². The Morgan fingerprint density at radius 2 is 2.37 bits per heavy atom. The van der Waals surface area contributed by atoms with E-state index in [1.807, 2.05) is 18.2 Å². The van der Waals surface area contributed by atoms with Crippen LogP contribution in [0.1, 0.15) is 24.3 Å². The van der Waals surface area contributed by atoms with Crippen LogP contribution in [0, 0.1) is 5.41 Å². The Hall–Kier alpha value is -1.13. The first kappa shape index (κ1) is 20.6. The first-order valence-electron chi connectivity index (χ1n) is 8.84. The molecule has 0 saturated carbocycles. The van der Waals surface area contributed by atoms with E-state index in [2.05, 4.69) is 25.5 Å². The van der Waals surface area contributed by atoms with Crippen LogP contribution in [0.2, 0.25) is 5.02 Å². The van der Waals surface area contributed by atoms with Crippen molar-refractivity contribution >= 4 is 69.0 Å². The number of hydrogen-bond donors (Lipinski definition) is 2. The van der Waals surface area contributed by atoms with E-state index in [4.69, 9.17) is 11.6 Å². The van der Waals surface area contributed by atoms with Crippen LogP contribution in [0.3, 0.4) is 0 Å². The van der Waals surface area contributed by atoms with Crippen LogP contribution in [0.5, 0.6) is 0 Å². The number of aromatic nitrogens is 1. The average Bonchev–Trinajstić information content (AvgIpc) is 3.18. The van der Waals surface area contributed by atoms with Gasteiger partial charge in [0.1, 0.15) is 5.01 Å². The van der Waals surface area contributed by atoms with Crippen LogP contribution >= 0.6 is 46.9 Å². The number of nitrogens with zero attached hydrogens (tertiary/aromatic N) is 3. The van der Waals surface area contributed by atoms with Gasteiger partial charge in [0, 0.05) is 43.5 Å². The number of carbonyl (C=O) groups excluding carboxylic acids is 1. The molecule has 1 atom stereocenters. The Balaban J connectivity index is 0.00000210. The molecule has 2 fully saturated rings. The lowest BCUT2D eigenvalue weighted by molar-refractivity contribution is -0.119. The molecule has 4 rings (SSSR count). The fourth-order valence-corrected chi connectivity index (χ4v) is 4.99. The van der Waals surface area contributed by atoms with Gasteiger partial charge in [-0.15, -0.1) is 35.3 Å². The first-order chi connectivity index (χ1) is 12.6. The van der Waals surface area contributed by atoms with Crippen LogP contribution in [-0.2, 0) is 11.3 Å². The quantitative estimate of drug-likeness (QED) is 0.363. The van der Waals surface area contributed by atoms with Gasteiger partial charge >= 0.3 is 0 Å². The van der Waals surface area contributed by atoms with Gasteiger partial charge in [-0.1, -0.05) is 11.6 Å². The molecular weight excluding hydrogens is 497 g/mol. The molecule has 0 bridgehead atoms. The number of benzene rings is 1. The summed E-state index contributed by atoms with van der Waals surface area (Å²) in [6.45, 7) is 3.23. The summed E-state index contributed by atoms with van der Waals surface area (Å²) < 4.78 is 1.13. The number of likely N-dealkylation sites (tertiary alicyclic amines) is 1. The molecule has 27 heavy (non-hydrogen) atoms. The Bertz CT molecular complexity index is 873. The van der Waals surface area contributed by atoms with Gasteiger partial charge in [-0.05, 0) is 31.0 Å². The van der Waals surface area contributed by atoms with E-state index in [0.717, 1.165) is 53.7 Å². The highest BCUT2D eigenvalue weighted by atomic mass is 127. The van der Waals surface area contributed by atoms with E-state index in [0.29, 0.717) is 18.0 Å². The second kappa shape index (κ2) is 8.48. The molecular formula is C18H23ClIN5OS. The minimum Gasteiger partial charge on any atom is -0.355 e. The molecule has 1 aromatic heterocycles. The summed E-state index contributed by atoms with van der Waals surface area (Å²) in [6.07, 6.45) is 2.80. The highest BCUT2D eigenvalue weighted by Gasteiger charge is 2.42. The van der Waals surface area contributed by atoms with Gasteiger partial charge in [0.15, 0.2) is 5.96 Å². The van der Waals surface area contributed by atoms with Gasteiger partial charge < -0.3 is 15.5 Å². The number of halogens is 2. The second-order valence-electron chi connectivity index (χ2n) is 7.10. The smallest absolute Gasteiger partial charge is 0.220 e. The van der Waals surface area contributed by atoms with Crippen molar-refractivity contribution in [1.29, 1.82) is 0 Å². The molecule has 3 heterocycles. The number of aliphatic imine (C=N–C) groups is 1. The van der Waals surface area contributed by atoms with Gasteiger partial charge in [0.25, 0.3) is 0 Å². The van der Waals surface area contributed by atoms with Crippen molar-refractivity contribution in [1.82, 2.24) is 20.5 Å². The SMILES string of the molecule is CN=C(NCc1nc2cc(Cl)ccc2s1)N1CCCC2(CNC(=O)C2)C1.I. The number of piperidine rings is 1. The third-order valence-corrected chi connectivity index (χ3v) is 6.43. The summed E-state index contributed by atoms with van der Waals surface area (Å²) in [5.74, 6) is 1.05. The highest BCUT2D eigenvalue weighted by molar-refractivity contribution is 14.0. The minimum atomic E-state index is 0. The number of amides is 1. The normalized spacial score (nSPS) is 22.8. The third-order valence-electron chi connectivity index (χ3n) is 5.16. The zero-order valence-electron chi connectivity index (χ0n) is 15.1. The van der Waals surface area contributed by atoms with Crippen molar-refractivity contribution in [3.63, 3.8) is 0 Å². The predicted molar refractivity (Wildman–Crippen MR) is 121 cm³/mol. The lowest BCUT2D eigenvalue weighted by Crippen LogP contribution is -2.51. The van der Waals surface area contributed by atoms with Crippen molar-refractivity contribution in [2.45, 2.75) is 25.8 Å². The molecule has 6 nitrogen and oxygen atoms in total. The molecule has 0 aliphatic carbocycles. The largest absolute Gasteiger partial charge is 0.355 e. The molecule has 2 aliphatic rings. The fraction of sp³-hybridized carbons (Fsp3) is 0.500. The van der Waals surface area contributed by atoms with Crippen molar-refractivity contribution in [2.75, 3.05) is 26.7 Å². The number of rotatable bonds is 2. The summed E-state index contributed by atoms with van der Waals surface area (Å²) in [7, 11) is 1.81. The van der Waals surface area contributed by atoms with Gasteiger partial charge in [-0.25, -0.2) is 4.98 Å². The molecule has 1 amide bonds. The molecule has 2 saturated heterocycles. The maximum Gasteiger partial charge on any atom is 0.220 e. The number of guanidine groups is 1. The zero-order valence-corrected chi connectivity index (χ0v) is 19.0. The Morgan fingerprint density at radius 1 is 1.52 bits per heavy atom. The summed E-state index contributed by atoms with van der Waals surface area (Å²) in [5, 5.41) is 8.14. The van der Waals surface area contributed by atoms with Crippen molar-refractivity contribution in [2.24, 2.45) is 10.4 Å². The third kappa shape index (κ3) is 4.48. The van der Waals surface area contributed by atoms with Gasteiger partial charge in [-0.3, -0.25) is 9.79 Å². The van der Waals surface area contributed by atoms with Crippen LogP contribution < -0.4 is 10.6 Å². The Morgan fingerprint density at radius 3 is 3.11 bits per heavy atom. The second-order valence-corrected chi connectivity index (χ2v) is 8.65. The lowest BCUT2D eigenvalue weighted by atomic mass is 9.79. The van der Waals surface area contributed by atoms with Crippen molar-refractivity contribution < 1.29 is 4.79 Å². The monoisotopic (exact) mass is 519 g/mol. The molecule has 1 unspecified atom stereocenters. The molecule has 9 heteroatoms. The fourth-order valence-electron chi connectivity index (χ4n) is 3.94. The maximum absolute atomic E-state index is 11.7.